The Morgan fingerprint density at radius 1 is 1.44 bits per heavy atom. The minimum Gasteiger partial charge on any atom is -0.469 e. The average molecular weight is 487 g/mol. The number of nitrogens with zero attached hydrogens (tertiary/aromatic N) is 3. The SMILES string of the molecule is Cn1cc(C(C)(O)CN=C(NCCc2ccco2)NC2CCCC2)cn1.I. The highest BCUT2D eigenvalue weighted by molar-refractivity contribution is 14.0. The minimum absolute atomic E-state index is 0. The van der Waals surface area contributed by atoms with E-state index in [1.165, 1.54) is 12.8 Å². The highest BCUT2D eigenvalue weighted by atomic mass is 127. The van der Waals surface area contributed by atoms with E-state index in [9.17, 15) is 5.11 Å². The molecule has 0 aliphatic heterocycles. The van der Waals surface area contributed by atoms with Gasteiger partial charge in [-0.05, 0) is 31.9 Å². The quantitative estimate of drug-likeness (QED) is 0.318. The van der Waals surface area contributed by atoms with Gasteiger partial charge in [0.1, 0.15) is 11.4 Å². The Balaban J connectivity index is 0.00000261. The molecule has 8 heteroatoms. The molecule has 1 saturated carbocycles. The summed E-state index contributed by atoms with van der Waals surface area (Å²) in [6.45, 7) is 2.76. The Labute approximate surface area is 177 Å². The zero-order valence-corrected chi connectivity index (χ0v) is 18.3. The van der Waals surface area contributed by atoms with Crippen LogP contribution < -0.4 is 10.6 Å². The van der Waals surface area contributed by atoms with Crippen LogP contribution in [0, 0.1) is 0 Å². The van der Waals surface area contributed by atoms with Gasteiger partial charge in [0.15, 0.2) is 5.96 Å². The highest BCUT2D eigenvalue weighted by Crippen LogP contribution is 2.20. The van der Waals surface area contributed by atoms with E-state index >= 15 is 0 Å². The van der Waals surface area contributed by atoms with Crippen LogP contribution in [0.25, 0.3) is 0 Å². The summed E-state index contributed by atoms with van der Waals surface area (Å²) in [5.74, 6) is 1.69. The molecular formula is C19H30IN5O2. The zero-order valence-electron chi connectivity index (χ0n) is 16.0. The molecule has 27 heavy (non-hydrogen) atoms. The molecule has 1 aliphatic rings. The molecule has 1 unspecified atom stereocenters. The third-order valence-corrected chi connectivity index (χ3v) is 4.81. The van der Waals surface area contributed by atoms with Crippen LogP contribution in [0.3, 0.4) is 0 Å². The molecule has 1 fully saturated rings. The van der Waals surface area contributed by atoms with Gasteiger partial charge in [-0.3, -0.25) is 4.68 Å². The second kappa shape index (κ2) is 10.1. The number of aromatic nitrogens is 2. The number of guanidine groups is 1. The van der Waals surface area contributed by atoms with Crippen LogP contribution in [0.4, 0.5) is 0 Å². The fourth-order valence-electron chi connectivity index (χ4n) is 3.20. The summed E-state index contributed by atoms with van der Waals surface area (Å²) >= 11 is 0. The van der Waals surface area contributed by atoms with Crippen molar-refractivity contribution in [3.63, 3.8) is 0 Å². The number of rotatable bonds is 7. The van der Waals surface area contributed by atoms with Crippen molar-refractivity contribution in [2.45, 2.75) is 50.7 Å². The van der Waals surface area contributed by atoms with Gasteiger partial charge in [0.2, 0.25) is 0 Å². The van der Waals surface area contributed by atoms with Gasteiger partial charge in [-0.15, -0.1) is 24.0 Å². The van der Waals surface area contributed by atoms with Crippen LogP contribution in [-0.2, 0) is 19.1 Å². The van der Waals surface area contributed by atoms with Gasteiger partial charge in [-0.25, -0.2) is 4.99 Å². The lowest BCUT2D eigenvalue weighted by Gasteiger charge is -2.22. The van der Waals surface area contributed by atoms with E-state index < -0.39 is 5.60 Å². The van der Waals surface area contributed by atoms with Crippen LogP contribution in [0.2, 0.25) is 0 Å². The monoisotopic (exact) mass is 487 g/mol. The molecule has 150 valence electrons. The van der Waals surface area contributed by atoms with E-state index in [-0.39, 0.29) is 30.5 Å². The average Bonchev–Trinajstić information content (AvgIpc) is 3.35. The topological polar surface area (TPSA) is 87.6 Å². The Morgan fingerprint density at radius 3 is 2.85 bits per heavy atom. The molecular weight excluding hydrogens is 457 g/mol. The Kier molecular flexibility index (Phi) is 8.15. The summed E-state index contributed by atoms with van der Waals surface area (Å²) in [6.07, 6.45) is 10.8. The predicted octanol–water partition coefficient (Wildman–Crippen LogP) is 2.56. The van der Waals surface area contributed by atoms with Crippen molar-refractivity contribution in [1.82, 2.24) is 20.4 Å². The molecule has 7 nitrogen and oxygen atoms in total. The van der Waals surface area contributed by atoms with Crippen LogP contribution in [0.15, 0.2) is 40.2 Å². The maximum atomic E-state index is 10.8. The third-order valence-electron chi connectivity index (χ3n) is 4.81. The molecule has 0 bridgehead atoms. The molecule has 0 aromatic carbocycles. The Bertz CT molecular complexity index is 706. The van der Waals surface area contributed by atoms with Gasteiger partial charge in [0.25, 0.3) is 0 Å². The maximum Gasteiger partial charge on any atom is 0.191 e. The van der Waals surface area contributed by atoms with Crippen molar-refractivity contribution in [2.24, 2.45) is 12.0 Å². The maximum absolute atomic E-state index is 10.8. The molecule has 1 atom stereocenters. The lowest BCUT2D eigenvalue weighted by Crippen LogP contribution is -2.44. The van der Waals surface area contributed by atoms with Crippen LogP contribution in [-0.4, -0.2) is 40.0 Å². The summed E-state index contributed by atoms with van der Waals surface area (Å²) in [6, 6.07) is 4.32. The molecule has 3 N–H and O–H groups in total. The van der Waals surface area contributed by atoms with Gasteiger partial charge < -0.3 is 20.2 Å². The molecule has 2 aromatic heterocycles. The van der Waals surface area contributed by atoms with Gasteiger partial charge in [-0.2, -0.15) is 5.10 Å². The van der Waals surface area contributed by atoms with Gasteiger partial charge in [-0.1, -0.05) is 12.8 Å². The smallest absolute Gasteiger partial charge is 0.191 e. The molecule has 2 aromatic rings. The number of hydrogen-bond donors (Lipinski definition) is 3. The first kappa shape index (κ1) is 21.7. The van der Waals surface area contributed by atoms with E-state index in [0.717, 1.165) is 43.1 Å². The molecule has 1 aliphatic carbocycles. The van der Waals surface area contributed by atoms with Crippen LogP contribution >= 0.6 is 24.0 Å². The van der Waals surface area contributed by atoms with Crippen molar-refractivity contribution in [2.75, 3.05) is 13.1 Å². The summed E-state index contributed by atoms with van der Waals surface area (Å²) in [5, 5.41) is 21.8. The van der Waals surface area contributed by atoms with E-state index in [4.69, 9.17) is 4.42 Å². The number of aryl methyl sites for hydroxylation is 1. The number of aliphatic hydroxyl groups is 1. The predicted molar refractivity (Wildman–Crippen MR) is 116 cm³/mol. The molecule has 3 rings (SSSR count). The zero-order chi connectivity index (χ0) is 18.4. The van der Waals surface area contributed by atoms with Crippen molar-refractivity contribution in [3.05, 3.63) is 42.1 Å². The first-order valence-electron chi connectivity index (χ1n) is 9.32. The number of furan rings is 1. The van der Waals surface area contributed by atoms with Crippen molar-refractivity contribution in [3.8, 4) is 0 Å². The summed E-state index contributed by atoms with van der Waals surface area (Å²) in [7, 11) is 1.84. The Morgan fingerprint density at radius 2 is 2.22 bits per heavy atom. The van der Waals surface area contributed by atoms with E-state index in [1.54, 1.807) is 24.1 Å². The summed E-state index contributed by atoms with van der Waals surface area (Å²) in [4.78, 5) is 4.64. The van der Waals surface area contributed by atoms with Crippen LogP contribution in [0.1, 0.15) is 43.9 Å². The molecule has 0 radical (unpaired) electrons. The lowest BCUT2D eigenvalue weighted by atomic mass is 10.0. The summed E-state index contributed by atoms with van der Waals surface area (Å²) < 4.78 is 7.06. The first-order valence-corrected chi connectivity index (χ1v) is 9.32. The second-order valence-corrected chi connectivity index (χ2v) is 7.22. The fraction of sp³-hybridized carbons (Fsp3) is 0.579. The number of hydrogen-bond acceptors (Lipinski definition) is 4. The van der Waals surface area contributed by atoms with Gasteiger partial charge in [0.05, 0.1) is 19.0 Å². The van der Waals surface area contributed by atoms with Crippen molar-refractivity contribution >= 4 is 29.9 Å². The number of aliphatic imine (C=N–C) groups is 1. The first-order chi connectivity index (χ1) is 12.5. The molecule has 0 spiro atoms. The lowest BCUT2D eigenvalue weighted by molar-refractivity contribution is 0.0671. The molecule has 0 saturated heterocycles. The van der Waals surface area contributed by atoms with E-state index in [1.807, 2.05) is 25.4 Å². The molecule has 0 amide bonds. The minimum atomic E-state index is -1.06. The standard InChI is InChI=1S/C19H29N5O2.HI/c1-19(25,15-12-22-24(2)13-15)14-21-18(23-16-6-3-4-7-16)20-10-9-17-8-5-11-26-17;/h5,8,11-13,16,25H,3-4,6-7,9-10,14H2,1-2H3,(H2,20,21,23);1H. The van der Waals surface area contributed by atoms with Crippen molar-refractivity contribution < 1.29 is 9.52 Å². The third kappa shape index (κ3) is 6.53. The van der Waals surface area contributed by atoms with Gasteiger partial charge >= 0.3 is 0 Å². The largest absolute Gasteiger partial charge is 0.469 e. The fourth-order valence-corrected chi connectivity index (χ4v) is 3.20. The highest BCUT2D eigenvalue weighted by Gasteiger charge is 2.25. The van der Waals surface area contributed by atoms with Crippen molar-refractivity contribution in [1.29, 1.82) is 0 Å². The van der Waals surface area contributed by atoms with E-state index in [0.29, 0.717) is 6.04 Å². The van der Waals surface area contributed by atoms with E-state index in [2.05, 4.69) is 20.7 Å². The second-order valence-electron chi connectivity index (χ2n) is 7.22. The van der Waals surface area contributed by atoms with Crippen LogP contribution in [0.5, 0.6) is 0 Å². The normalized spacial score (nSPS) is 17.4. The Hall–Kier alpha value is -1.55. The molecule has 2 heterocycles. The summed E-state index contributed by atoms with van der Waals surface area (Å²) in [5.41, 5.74) is -0.293. The number of halogens is 1. The van der Waals surface area contributed by atoms with Gasteiger partial charge in [0, 0.05) is 37.8 Å². The number of nitrogens with one attached hydrogen (secondary N) is 2.